The minimum absolute atomic E-state index is 0.171. The van der Waals surface area contributed by atoms with E-state index in [-0.39, 0.29) is 12.3 Å². The van der Waals surface area contributed by atoms with Crippen molar-refractivity contribution in [3.05, 3.63) is 90.1 Å². The van der Waals surface area contributed by atoms with Crippen molar-refractivity contribution in [2.45, 2.75) is 19.4 Å². The highest BCUT2D eigenvalue weighted by atomic mass is 19.1. The fourth-order valence-electron chi connectivity index (χ4n) is 3.50. The number of nitrogens with zero attached hydrogens (tertiary/aromatic N) is 3. The Bertz CT molecular complexity index is 1210. The Balaban J connectivity index is 1.78. The molecule has 2 heterocycles. The monoisotopic (exact) mass is 404 g/mol. The summed E-state index contributed by atoms with van der Waals surface area (Å²) in [6.45, 7) is 1.39. The molecule has 0 aliphatic rings. The van der Waals surface area contributed by atoms with Gasteiger partial charge in [0.25, 0.3) is 0 Å². The van der Waals surface area contributed by atoms with Crippen LogP contribution in [0.5, 0.6) is 0 Å². The predicted octanol–water partition coefficient (Wildman–Crippen LogP) is 4.39. The zero-order valence-corrected chi connectivity index (χ0v) is 16.1. The van der Waals surface area contributed by atoms with Gasteiger partial charge in [-0.25, -0.2) is 18.7 Å². The topological polar surface area (TPSA) is 67.8 Å². The number of hydrogen-bond donors (Lipinski definition) is 1. The van der Waals surface area contributed by atoms with E-state index in [9.17, 15) is 13.6 Å². The number of aromatic nitrogens is 3. The Morgan fingerprint density at radius 1 is 1.07 bits per heavy atom. The van der Waals surface area contributed by atoms with Gasteiger partial charge in [-0.2, -0.15) is 0 Å². The molecule has 0 spiro atoms. The molecular formula is C23H18F2N4O. The molecule has 1 N–H and O–H groups in total. The number of carbonyl (C=O) groups excluding carboxylic acids is 1. The van der Waals surface area contributed by atoms with Crippen LogP contribution in [0.2, 0.25) is 0 Å². The van der Waals surface area contributed by atoms with Gasteiger partial charge in [0.1, 0.15) is 18.0 Å². The average Bonchev–Trinajstić information content (AvgIpc) is 2.72. The highest BCUT2D eigenvalue weighted by Gasteiger charge is 2.21. The first kappa shape index (κ1) is 19.6. The molecule has 150 valence electrons. The normalized spacial score (nSPS) is 12.0. The predicted molar refractivity (Wildman–Crippen MR) is 109 cm³/mol. The fourth-order valence-corrected chi connectivity index (χ4v) is 3.50. The Labute approximate surface area is 171 Å². The SMILES string of the molecule is CC(=O)N[C@@H](Cc1cc(F)cc(F)c1)c1ncncc1-c1ccc2cccnc2c1. The zero-order valence-electron chi connectivity index (χ0n) is 16.1. The molecule has 4 rings (SSSR count). The third-order valence-electron chi connectivity index (χ3n) is 4.73. The van der Waals surface area contributed by atoms with Crippen LogP contribution < -0.4 is 5.32 Å². The van der Waals surface area contributed by atoms with Crippen LogP contribution in [0.1, 0.15) is 24.2 Å². The van der Waals surface area contributed by atoms with Crippen LogP contribution in [0.15, 0.2) is 67.3 Å². The molecule has 4 aromatic rings. The van der Waals surface area contributed by atoms with Crippen molar-refractivity contribution in [1.82, 2.24) is 20.3 Å². The van der Waals surface area contributed by atoms with Gasteiger partial charge in [0, 0.05) is 36.3 Å². The molecule has 0 saturated heterocycles. The van der Waals surface area contributed by atoms with Crippen LogP contribution in [0.3, 0.4) is 0 Å². The molecule has 2 aromatic heterocycles. The van der Waals surface area contributed by atoms with E-state index in [1.807, 2.05) is 30.3 Å². The lowest BCUT2D eigenvalue weighted by atomic mass is 9.96. The lowest BCUT2D eigenvalue weighted by molar-refractivity contribution is -0.119. The number of halogens is 2. The van der Waals surface area contributed by atoms with Crippen LogP contribution in [-0.2, 0) is 11.2 Å². The number of hydrogen-bond acceptors (Lipinski definition) is 4. The van der Waals surface area contributed by atoms with Gasteiger partial charge in [-0.3, -0.25) is 9.78 Å². The smallest absolute Gasteiger partial charge is 0.217 e. The molecule has 0 radical (unpaired) electrons. The van der Waals surface area contributed by atoms with Gasteiger partial charge in [-0.05, 0) is 41.8 Å². The number of fused-ring (bicyclic) bond motifs is 1. The first-order valence-corrected chi connectivity index (χ1v) is 9.37. The third kappa shape index (κ3) is 4.30. The largest absolute Gasteiger partial charge is 0.348 e. The number of carbonyl (C=O) groups is 1. The number of amides is 1. The molecule has 0 aliphatic carbocycles. The first-order valence-electron chi connectivity index (χ1n) is 9.37. The van der Waals surface area contributed by atoms with E-state index < -0.39 is 17.7 Å². The van der Waals surface area contributed by atoms with Crippen LogP contribution >= 0.6 is 0 Å². The van der Waals surface area contributed by atoms with Gasteiger partial charge in [0.2, 0.25) is 5.91 Å². The Kier molecular flexibility index (Phi) is 5.43. The second-order valence-corrected chi connectivity index (χ2v) is 6.97. The van der Waals surface area contributed by atoms with Gasteiger partial charge >= 0.3 is 0 Å². The summed E-state index contributed by atoms with van der Waals surface area (Å²) in [7, 11) is 0. The average molecular weight is 404 g/mol. The summed E-state index contributed by atoms with van der Waals surface area (Å²) >= 11 is 0. The lowest BCUT2D eigenvalue weighted by Gasteiger charge is -2.20. The molecule has 0 aliphatic heterocycles. The summed E-state index contributed by atoms with van der Waals surface area (Å²) in [4.78, 5) is 24.8. The maximum absolute atomic E-state index is 13.7. The highest BCUT2D eigenvalue weighted by Crippen LogP contribution is 2.30. The third-order valence-corrected chi connectivity index (χ3v) is 4.73. The van der Waals surface area contributed by atoms with Gasteiger partial charge in [-0.15, -0.1) is 0 Å². The number of rotatable bonds is 5. The van der Waals surface area contributed by atoms with Crippen LogP contribution in [0, 0.1) is 11.6 Å². The first-order chi connectivity index (χ1) is 14.5. The Morgan fingerprint density at radius 3 is 2.63 bits per heavy atom. The summed E-state index contributed by atoms with van der Waals surface area (Å²) in [6.07, 6.45) is 4.93. The summed E-state index contributed by atoms with van der Waals surface area (Å²) in [5, 5.41) is 3.83. The second-order valence-electron chi connectivity index (χ2n) is 6.97. The Morgan fingerprint density at radius 2 is 1.87 bits per heavy atom. The number of nitrogens with one attached hydrogen (secondary N) is 1. The Hall–Kier alpha value is -3.74. The summed E-state index contributed by atoms with van der Waals surface area (Å²) in [6, 6.07) is 12.3. The van der Waals surface area contributed by atoms with Crippen molar-refractivity contribution in [3.8, 4) is 11.1 Å². The molecule has 0 saturated carbocycles. The maximum Gasteiger partial charge on any atom is 0.217 e. The van der Waals surface area contributed by atoms with Crippen LogP contribution in [0.25, 0.3) is 22.0 Å². The minimum Gasteiger partial charge on any atom is -0.348 e. The van der Waals surface area contributed by atoms with Crippen molar-refractivity contribution >= 4 is 16.8 Å². The lowest BCUT2D eigenvalue weighted by Crippen LogP contribution is -2.29. The van der Waals surface area contributed by atoms with E-state index in [0.717, 1.165) is 22.5 Å². The summed E-state index contributed by atoms with van der Waals surface area (Å²) in [5.41, 5.74) is 3.32. The molecule has 1 atom stereocenters. The second kappa shape index (κ2) is 8.32. The van der Waals surface area contributed by atoms with Crippen molar-refractivity contribution in [2.24, 2.45) is 0 Å². The van der Waals surface area contributed by atoms with Crippen LogP contribution in [-0.4, -0.2) is 20.9 Å². The van der Waals surface area contributed by atoms with Gasteiger partial charge in [0.05, 0.1) is 17.3 Å². The molecule has 2 aromatic carbocycles. The van der Waals surface area contributed by atoms with Gasteiger partial charge in [-0.1, -0.05) is 18.2 Å². The van der Waals surface area contributed by atoms with E-state index in [0.29, 0.717) is 16.8 Å². The van der Waals surface area contributed by atoms with E-state index in [1.165, 1.54) is 25.4 Å². The van der Waals surface area contributed by atoms with E-state index in [2.05, 4.69) is 20.3 Å². The maximum atomic E-state index is 13.7. The highest BCUT2D eigenvalue weighted by molar-refractivity contribution is 5.84. The van der Waals surface area contributed by atoms with Gasteiger partial charge < -0.3 is 5.32 Å². The number of pyridine rings is 1. The molecule has 30 heavy (non-hydrogen) atoms. The van der Waals surface area contributed by atoms with Crippen molar-refractivity contribution < 1.29 is 13.6 Å². The summed E-state index contributed by atoms with van der Waals surface area (Å²) in [5.74, 6) is -1.62. The molecule has 0 fully saturated rings. The van der Waals surface area contributed by atoms with E-state index >= 15 is 0 Å². The molecular weight excluding hydrogens is 386 g/mol. The molecule has 1 amide bonds. The fraction of sp³-hybridized carbons (Fsp3) is 0.130. The molecule has 7 heteroatoms. The van der Waals surface area contributed by atoms with E-state index in [4.69, 9.17) is 0 Å². The zero-order chi connectivity index (χ0) is 21.1. The standard InChI is InChI=1S/C23H18F2N4O/c1-14(30)29-22(9-15-7-18(24)11-19(25)8-15)23-20(12-26-13-28-23)17-5-4-16-3-2-6-27-21(16)10-17/h2-8,10-13,22H,9H2,1H3,(H,29,30)/t22-/m0/s1. The van der Waals surface area contributed by atoms with E-state index in [1.54, 1.807) is 12.4 Å². The quantitative estimate of drug-likeness (QED) is 0.536. The van der Waals surface area contributed by atoms with Crippen LogP contribution in [0.4, 0.5) is 8.78 Å². The molecule has 0 unspecified atom stereocenters. The number of benzene rings is 2. The van der Waals surface area contributed by atoms with Gasteiger partial charge in [0.15, 0.2) is 0 Å². The van der Waals surface area contributed by atoms with Crippen molar-refractivity contribution in [3.63, 3.8) is 0 Å². The summed E-state index contributed by atoms with van der Waals surface area (Å²) < 4.78 is 27.4. The van der Waals surface area contributed by atoms with Crippen molar-refractivity contribution in [2.75, 3.05) is 0 Å². The molecule has 0 bridgehead atoms. The minimum atomic E-state index is -0.671. The van der Waals surface area contributed by atoms with Crippen molar-refractivity contribution in [1.29, 1.82) is 0 Å². The molecule has 5 nitrogen and oxygen atoms in total.